The van der Waals surface area contributed by atoms with Gasteiger partial charge in [0.1, 0.15) is 6.29 Å². The SMILES string of the molecule is CCc1ccc(/C=C/c2cc(C=O)ccc2C)cc1. The van der Waals surface area contributed by atoms with Crippen LogP contribution in [0.15, 0.2) is 42.5 Å². The molecule has 0 aliphatic carbocycles. The third-order valence-electron chi connectivity index (χ3n) is 3.28. The zero-order chi connectivity index (χ0) is 13.7. The first-order valence-corrected chi connectivity index (χ1v) is 6.56. The largest absolute Gasteiger partial charge is 0.298 e. The number of carbonyl (C=O) groups excluding carboxylic acids is 1. The van der Waals surface area contributed by atoms with Gasteiger partial charge in [0.25, 0.3) is 0 Å². The number of carbonyl (C=O) groups is 1. The van der Waals surface area contributed by atoms with Crippen LogP contribution in [0.3, 0.4) is 0 Å². The van der Waals surface area contributed by atoms with Gasteiger partial charge in [0.2, 0.25) is 0 Å². The lowest BCUT2D eigenvalue weighted by molar-refractivity contribution is 0.112. The van der Waals surface area contributed by atoms with Crippen molar-refractivity contribution in [3.63, 3.8) is 0 Å². The lowest BCUT2D eigenvalue weighted by atomic mass is 10.0. The van der Waals surface area contributed by atoms with E-state index in [1.54, 1.807) is 0 Å². The van der Waals surface area contributed by atoms with E-state index in [1.165, 1.54) is 16.7 Å². The highest BCUT2D eigenvalue weighted by atomic mass is 16.1. The molecule has 19 heavy (non-hydrogen) atoms. The molecular weight excluding hydrogens is 232 g/mol. The average molecular weight is 250 g/mol. The standard InChI is InChI=1S/C18H18O/c1-3-15-6-8-16(9-7-15)10-11-18-12-17(13-19)5-4-14(18)2/h4-13H,3H2,1-2H3/b11-10+. The van der Waals surface area contributed by atoms with Crippen molar-refractivity contribution in [3.8, 4) is 0 Å². The molecular formula is C18H18O. The van der Waals surface area contributed by atoms with Crippen molar-refractivity contribution >= 4 is 18.4 Å². The molecule has 0 radical (unpaired) electrons. The van der Waals surface area contributed by atoms with Gasteiger partial charge >= 0.3 is 0 Å². The van der Waals surface area contributed by atoms with Crippen LogP contribution in [0.2, 0.25) is 0 Å². The monoisotopic (exact) mass is 250 g/mol. The van der Waals surface area contributed by atoms with Crippen molar-refractivity contribution in [2.75, 3.05) is 0 Å². The second-order valence-electron chi connectivity index (χ2n) is 4.66. The van der Waals surface area contributed by atoms with Crippen LogP contribution in [0.5, 0.6) is 0 Å². The molecule has 0 aromatic heterocycles. The molecule has 0 saturated carbocycles. The van der Waals surface area contributed by atoms with Gasteiger partial charge in [-0.15, -0.1) is 0 Å². The maximum Gasteiger partial charge on any atom is 0.150 e. The van der Waals surface area contributed by atoms with Crippen LogP contribution in [0.1, 0.15) is 39.5 Å². The Bertz CT molecular complexity index is 592. The fourth-order valence-electron chi connectivity index (χ4n) is 1.96. The minimum Gasteiger partial charge on any atom is -0.298 e. The first kappa shape index (κ1) is 13.3. The Hall–Kier alpha value is -2.15. The van der Waals surface area contributed by atoms with Crippen molar-refractivity contribution in [1.29, 1.82) is 0 Å². The first-order chi connectivity index (χ1) is 9.22. The Kier molecular flexibility index (Phi) is 4.30. The zero-order valence-corrected chi connectivity index (χ0v) is 11.4. The molecule has 0 atom stereocenters. The van der Waals surface area contributed by atoms with Crippen molar-refractivity contribution in [2.45, 2.75) is 20.3 Å². The maximum atomic E-state index is 10.8. The van der Waals surface area contributed by atoms with Gasteiger partial charge in [-0.1, -0.05) is 55.5 Å². The Balaban J connectivity index is 2.23. The molecule has 0 N–H and O–H groups in total. The van der Waals surface area contributed by atoms with E-state index in [4.69, 9.17) is 0 Å². The Labute approximate surface area is 114 Å². The average Bonchev–Trinajstić information content (AvgIpc) is 2.47. The van der Waals surface area contributed by atoms with E-state index in [0.29, 0.717) is 5.56 Å². The molecule has 96 valence electrons. The lowest BCUT2D eigenvalue weighted by Gasteiger charge is -2.02. The fourth-order valence-corrected chi connectivity index (χ4v) is 1.96. The quantitative estimate of drug-likeness (QED) is 0.575. The molecule has 0 bridgehead atoms. The number of hydrogen-bond donors (Lipinski definition) is 0. The molecule has 0 aliphatic heterocycles. The molecule has 2 aromatic rings. The van der Waals surface area contributed by atoms with Crippen LogP contribution >= 0.6 is 0 Å². The van der Waals surface area contributed by atoms with E-state index in [1.807, 2.05) is 18.2 Å². The molecule has 0 spiro atoms. The van der Waals surface area contributed by atoms with Crippen molar-refractivity contribution in [2.24, 2.45) is 0 Å². The van der Waals surface area contributed by atoms with Gasteiger partial charge < -0.3 is 0 Å². The highest BCUT2D eigenvalue weighted by Gasteiger charge is 1.97. The number of rotatable bonds is 4. The van der Waals surface area contributed by atoms with Gasteiger partial charge in [-0.3, -0.25) is 4.79 Å². The van der Waals surface area contributed by atoms with Crippen LogP contribution < -0.4 is 0 Å². The molecule has 2 aromatic carbocycles. The molecule has 0 heterocycles. The molecule has 1 nitrogen and oxygen atoms in total. The number of aryl methyl sites for hydroxylation is 2. The van der Waals surface area contributed by atoms with Crippen LogP contribution in [-0.4, -0.2) is 6.29 Å². The van der Waals surface area contributed by atoms with Gasteiger partial charge in [-0.2, -0.15) is 0 Å². The Morgan fingerprint density at radius 1 is 0.947 bits per heavy atom. The van der Waals surface area contributed by atoms with Gasteiger partial charge in [-0.25, -0.2) is 0 Å². The summed E-state index contributed by atoms with van der Waals surface area (Å²) in [4.78, 5) is 10.8. The normalized spacial score (nSPS) is 10.8. The van der Waals surface area contributed by atoms with Crippen molar-refractivity contribution in [3.05, 3.63) is 70.3 Å². The van der Waals surface area contributed by atoms with Crippen LogP contribution in [0.4, 0.5) is 0 Å². The fraction of sp³-hybridized carbons (Fsp3) is 0.167. The summed E-state index contributed by atoms with van der Waals surface area (Å²) in [5, 5.41) is 0. The Morgan fingerprint density at radius 2 is 1.63 bits per heavy atom. The molecule has 1 heteroatoms. The summed E-state index contributed by atoms with van der Waals surface area (Å²) in [5.74, 6) is 0. The number of aldehydes is 1. The topological polar surface area (TPSA) is 17.1 Å². The predicted molar refractivity (Wildman–Crippen MR) is 81.3 cm³/mol. The molecule has 0 amide bonds. The third-order valence-corrected chi connectivity index (χ3v) is 3.28. The van der Waals surface area contributed by atoms with E-state index in [2.05, 4.69) is 50.3 Å². The van der Waals surface area contributed by atoms with E-state index < -0.39 is 0 Å². The first-order valence-electron chi connectivity index (χ1n) is 6.56. The maximum absolute atomic E-state index is 10.8. The van der Waals surface area contributed by atoms with Gasteiger partial charge in [-0.05, 0) is 41.7 Å². The predicted octanol–water partition coefficient (Wildman–Crippen LogP) is 4.54. The molecule has 2 rings (SSSR count). The molecule has 0 saturated heterocycles. The van der Waals surface area contributed by atoms with E-state index in [-0.39, 0.29) is 0 Å². The zero-order valence-electron chi connectivity index (χ0n) is 11.4. The van der Waals surface area contributed by atoms with E-state index in [9.17, 15) is 4.79 Å². The minimum atomic E-state index is 0.714. The highest BCUT2D eigenvalue weighted by molar-refractivity contribution is 5.79. The van der Waals surface area contributed by atoms with E-state index >= 15 is 0 Å². The summed E-state index contributed by atoms with van der Waals surface area (Å²) in [6, 6.07) is 14.3. The molecule has 0 aliphatic rings. The third kappa shape index (κ3) is 3.41. The van der Waals surface area contributed by atoms with E-state index in [0.717, 1.165) is 18.3 Å². The minimum absolute atomic E-state index is 0.714. The van der Waals surface area contributed by atoms with Gasteiger partial charge in [0, 0.05) is 5.56 Å². The van der Waals surface area contributed by atoms with Crippen molar-refractivity contribution in [1.82, 2.24) is 0 Å². The van der Waals surface area contributed by atoms with Crippen molar-refractivity contribution < 1.29 is 4.79 Å². The number of benzene rings is 2. The van der Waals surface area contributed by atoms with Crippen LogP contribution in [0, 0.1) is 6.92 Å². The second-order valence-corrected chi connectivity index (χ2v) is 4.66. The summed E-state index contributed by atoms with van der Waals surface area (Å²) in [5.41, 5.74) is 5.49. The summed E-state index contributed by atoms with van der Waals surface area (Å²) in [6.07, 6.45) is 6.08. The van der Waals surface area contributed by atoms with Crippen LogP contribution in [-0.2, 0) is 6.42 Å². The summed E-state index contributed by atoms with van der Waals surface area (Å²) >= 11 is 0. The van der Waals surface area contributed by atoms with Gasteiger partial charge in [0.05, 0.1) is 0 Å². The smallest absolute Gasteiger partial charge is 0.150 e. The Morgan fingerprint density at radius 3 is 2.26 bits per heavy atom. The highest BCUT2D eigenvalue weighted by Crippen LogP contribution is 2.15. The summed E-state index contributed by atoms with van der Waals surface area (Å²) < 4.78 is 0. The molecule has 0 fully saturated rings. The lowest BCUT2D eigenvalue weighted by Crippen LogP contribution is -1.85. The second kappa shape index (κ2) is 6.14. The summed E-state index contributed by atoms with van der Waals surface area (Å²) in [6.45, 7) is 4.20. The van der Waals surface area contributed by atoms with Gasteiger partial charge in [0.15, 0.2) is 0 Å². The molecule has 0 unspecified atom stereocenters. The summed E-state index contributed by atoms with van der Waals surface area (Å²) in [7, 11) is 0. The van der Waals surface area contributed by atoms with Crippen LogP contribution in [0.25, 0.3) is 12.2 Å². The number of hydrogen-bond acceptors (Lipinski definition) is 1.